The average molecular weight is 293 g/mol. The van der Waals surface area contributed by atoms with E-state index in [0.717, 1.165) is 18.4 Å². The number of nitro benzene ring substituents is 1. The Morgan fingerprint density at radius 1 is 1.48 bits per heavy atom. The molecule has 2 aromatic rings. The lowest BCUT2D eigenvalue weighted by Gasteiger charge is -2.01. The second kappa shape index (κ2) is 5.16. The number of fused-ring (bicyclic) bond motifs is 1. The molecule has 0 aliphatic carbocycles. The van der Waals surface area contributed by atoms with Crippen molar-refractivity contribution in [3.63, 3.8) is 0 Å². The van der Waals surface area contributed by atoms with Crippen LogP contribution in [0.2, 0.25) is 0 Å². The van der Waals surface area contributed by atoms with Crippen LogP contribution in [0.15, 0.2) is 33.2 Å². The smallest absolute Gasteiger partial charge is 0.331 e. The second-order valence-corrected chi connectivity index (χ2v) is 4.21. The van der Waals surface area contributed by atoms with Gasteiger partial charge < -0.3 is 9.52 Å². The van der Waals surface area contributed by atoms with Gasteiger partial charge in [0, 0.05) is 5.57 Å². The molecule has 1 N–H and O–H groups in total. The van der Waals surface area contributed by atoms with Gasteiger partial charge in [-0.15, -0.1) is 0 Å². The van der Waals surface area contributed by atoms with Gasteiger partial charge in [-0.3, -0.25) is 14.9 Å². The van der Waals surface area contributed by atoms with Gasteiger partial charge in [0.2, 0.25) is 5.58 Å². The molecule has 0 amide bonds. The molecule has 108 valence electrons. The van der Waals surface area contributed by atoms with Crippen molar-refractivity contribution in [1.29, 1.82) is 0 Å². The van der Waals surface area contributed by atoms with E-state index < -0.39 is 27.8 Å². The fourth-order valence-corrected chi connectivity index (χ4v) is 1.73. The summed E-state index contributed by atoms with van der Waals surface area (Å²) in [4.78, 5) is 32.8. The van der Waals surface area contributed by atoms with E-state index in [1.807, 2.05) is 0 Å². The lowest BCUT2D eigenvalue weighted by molar-refractivity contribution is -0.383. The fourth-order valence-electron chi connectivity index (χ4n) is 1.73. The van der Waals surface area contributed by atoms with Crippen molar-refractivity contribution in [2.45, 2.75) is 6.92 Å². The predicted molar refractivity (Wildman–Crippen MR) is 70.4 cm³/mol. The normalized spacial score (nSPS) is 11.6. The van der Waals surface area contributed by atoms with Crippen LogP contribution in [-0.2, 0) is 4.79 Å². The van der Waals surface area contributed by atoms with Gasteiger partial charge >= 0.3 is 11.7 Å². The lowest BCUT2D eigenvalue weighted by Crippen LogP contribution is -2.08. The number of carboxylic acid groups (broad SMARTS) is 1. The van der Waals surface area contributed by atoms with E-state index in [0.29, 0.717) is 6.07 Å². The van der Waals surface area contributed by atoms with E-state index >= 15 is 0 Å². The first-order valence-corrected chi connectivity index (χ1v) is 5.62. The number of nitrogens with zero attached hydrogens (tertiary/aromatic N) is 1. The maximum absolute atomic E-state index is 13.4. The third-order valence-corrected chi connectivity index (χ3v) is 2.75. The van der Waals surface area contributed by atoms with Crippen molar-refractivity contribution < 1.29 is 23.6 Å². The average Bonchev–Trinajstić information content (AvgIpc) is 2.41. The van der Waals surface area contributed by atoms with Crippen molar-refractivity contribution in [3.8, 4) is 0 Å². The molecule has 7 nitrogen and oxygen atoms in total. The zero-order valence-electron chi connectivity index (χ0n) is 10.6. The molecule has 2 rings (SSSR count). The lowest BCUT2D eigenvalue weighted by atomic mass is 10.1. The molecule has 0 bridgehead atoms. The number of aliphatic carboxylic acids is 1. The van der Waals surface area contributed by atoms with Gasteiger partial charge in [-0.05, 0) is 19.1 Å². The Morgan fingerprint density at radius 3 is 2.71 bits per heavy atom. The van der Waals surface area contributed by atoms with Crippen LogP contribution in [0.25, 0.3) is 17.0 Å². The summed E-state index contributed by atoms with van der Waals surface area (Å²) >= 11 is 0. The maximum atomic E-state index is 13.4. The molecule has 0 aliphatic rings. The standard InChI is InChI=1S/C13H8FNO6/c1-6(13(17)18)2-7-5-21-12-9(11(7)16)3-8(14)4-10(12)15(19)20/h2-5H,1H3,(H,17,18)/b6-2+. The number of benzene rings is 1. The molecule has 0 aliphatic heterocycles. The van der Waals surface area contributed by atoms with Gasteiger partial charge in [0.05, 0.1) is 21.9 Å². The van der Waals surface area contributed by atoms with Crippen molar-refractivity contribution in [1.82, 2.24) is 0 Å². The fraction of sp³-hybridized carbons (Fsp3) is 0.0769. The summed E-state index contributed by atoms with van der Waals surface area (Å²) in [6.07, 6.45) is 1.95. The molecule has 8 heteroatoms. The molecule has 1 heterocycles. The van der Waals surface area contributed by atoms with Gasteiger partial charge in [-0.2, -0.15) is 0 Å². The molecule has 0 radical (unpaired) electrons. The SMILES string of the molecule is C/C(=C\c1coc2c([N+](=O)[O-])cc(F)cc2c1=O)C(=O)O. The van der Waals surface area contributed by atoms with E-state index in [9.17, 15) is 24.1 Å². The van der Waals surface area contributed by atoms with Gasteiger partial charge in [0.1, 0.15) is 12.1 Å². The topological polar surface area (TPSA) is 111 Å². The van der Waals surface area contributed by atoms with Crippen molar-refractivity contribution >= 4 is 28.7 Å². The highest BCUT2D eigenvalue weighted by Crippen LogP contribution is 2.25. The number of carbonyl (C=O) groups is 1. The number of hydrogen-bond acceptors (Lipinski definition) is 5. The largest absolute Gasteiger partial charge is 0.478 e. The summed E-state index contributed by atoms with van der Waals surface area (Å²) < 4.78 is 18.4. The van der Waals surface area contributed by atoms with Gasteiger partial charge in [0.25, 0.3) is 0 Å². The van der Waals surface area contributed by atoms with Crippen LogP contribution in [-0.4, -0.2) is 16.0 Å². The summed E-state index contributed by atoms with van der Waals surface area (Å²) in [5, 5.41) is 19.3. The summed E-state index contributed by atoms with van der Waals surface area (Å²) in [6.45, 7) is 1.26. The number of halogens is 1. The molecule has 21 heavy (non-hydrogen) atoms. The van der Waals surface area contributed by atoms with E-state index in [2.05, 4.69) is 0 Å². The highest BCUT2D eigenvalue weighted by atomic mass is 19.1. The molecular weight excluding hydrogens is 285 g/mol. The third-order valence-electron chi connectivity index (χ3n) is 2.75. The Morgan fingerprint density at radius 2 is 2.14 bits per heavy atom. The molecule has 0 spiro atoms. The van der Waals surface area contributed by atoms with E-state index in [4.69, 9.17) is 9.52 Å². The zero-order chi connectivity index (χ0) is 15.7. The zero-order valence-corrected chi connectivity index (χ0v) is 10.6. The third kappa shape index (κ3) is 2.64. The second-order valence-electron chi connectivity index (χ2n) is 4.21. The Bertz CT molecular complexity index is 852. The van der Waals surface area contributed by atoms with Crippen LogP contribution in [0.1, 0.15) is 12.5 Å². The molecule has 0 atom stereocenters. The highest BCUT2D eigenvalue weighted by Gasteiger charge is 2.19. The minimum Gasteiger partial charge on any atom is -0.478 e. The predicted octanol–water partition coefficient (Wildman–Crippen LogP) is 2.33. The Kier molecular flexibility index (Phi) is 3.53. The van der Waals surface area contributed by atoms with Crippen molar-refractivity contribution in [2.24, 2.45) is 0 Å². The summed E-state index contributed by atoms with van der Waals surface area (Å²) in [7, 11) is 0. The van der Waals surface area contributed by atoms with Gasteiger partial charge in [-0.25, -0.2) is 9.18 Å². The van der Waals surface area contributed by atoms with Crippen molar-refractivity contribution in [2.75, 3.05) is 0 Å². The minimum absolute atomic E-state index is 0.132. The van der Waals surface area contributed by atoms with Crippen LogP contribution in [0, 0.1) is 15.9 Å². The first kappa shape index (κ1) is 14.4. The maximum Gasteiger partial charge on any atom is 0.331 e. The summed E-state index contributed by atoms with van der Waals surface area (Å²) in [5.41, 5.74) is -2.06. The van der Waals surface area contributed by atoms with E-state index in [1.54, 1.807) is 0 Å². The molecule has 0 saturated carbocycles. The minimum atomic E-state index is -1.24. The summed E-state index contributed by atoms with van der Waals surface area (Å²) in [6, 6.07) is 1.45. The Hall–Kier alpha value is -3.03. The molecule has 0 fully saturated rings. The van der Waals surface area contributed by atoms with Crippen LogP contribution < -0.4 is 5.43 Å². The van der Waals surface area contributed by atoms with Crippen LogP contribution in [0.3, 0.4) is 0 Å². The quantitative estimate of drug-likeness (QED) is 0.528. The molecule has 1 aromatic heterocycles. The number of hydrogen-bond donors (Lipinski definition) is 1. The van der Waals surface area contributed by atoms with Crippen LogP contribution in [0.4, 0.5) is 10.1 Å². The Balaban J connectivity index is 2.80. The molecule has 1 aromatic carbocycles. The number of non-ortho nitro benzene ring substituents is 1. The van der Waals surface area contributed by atoms with Crippen molar-refractivity contribution in [3.05, 3.63) is 55.7 Å². The highest BCUT2D eigenvalue weighted by molar-refractivity contribution is 5.92. The van der Waals surface area contributed by atoms with Crippen LogP contribution in [0.5, 0.6) is 0 Å². The van der Waals surface area contributed by atoms with Gasteiger partial charge in [0.15, 0.2) is 5.43 Å². The molecule has 0 unspecified atom stereocenters. The van der Waals surface area contributed by atoms with Crippen LogP contribution >= 0.6 is 0 Å². The first-order chi connectivity index (χ1) is 9.81. The monoisotopic (exact) mass is 293 g/mol. The van der Waals surface area contributed by atoms with Gasteiger partial charge in [-0.1, -0.05) is 0 Å². The first-order valence-electron chi connectivity index (χ1n) is 5.62. The number of carboxylic acids is 1. The Labute approximate surface area is 116 Å². The summed E-state index contributed by atoms with van der Waals surface area (Å²) in [5.74, 6) is -2.20. The molecule has 0 saturated heterocycles. The van der Waals surface area contributed by atoms with E-state index in [-0.39, 0.29) is 22.1 Å². The number of nitro groups is 1. The van der Waals surface area contributed by atoms with E-state index in [1.165, 1.54) is 6.92 Å². The number of rotatable bonds is 3. The molecular formula is C13H8FNO6.